The predicted molar refractivity (Wildman–Crippen MR) is 113 cm³/mol. The van der Waals surface area contributed by atoms with E-state index in [-0.39, 0.29) is 36.3 Å². The number of halogens is 1. The SMILES string of the molecule is CC(C)[C@H](NCC(=O)N(C)[C@H](C)c1nc2ccccc2s1)c1ccc(F)cc1. The van der Waals surface area contributed by atoms with Gasteiger partial charge in [-0.1, -0.05) is 38.1 Å². The maximum Gasteiger partial charge on any atom is 0.236 e. The second-order valence-electron chi connectivity index (χ2n) is 7.35. The van der Waals surface area contributed by atoms with E-state index in [0.717, 1.165) is 20.8 Å². The van der Waals surface area contributed by atoms with E-state index in [1.165, 1.54) is 12.1 Å². The number of carbonyl (C=O) groups excluding carboxylic acids is 1. The molecule has 0 saturated carbocycles. The summed E-state index contributed by atoms with van der Waals surface area (Å²) in [5.41, 5.74) is 1.94. The van der Waals surface area contributed by atoms with Crippen LogP contribution in [-0.4, -0.2) is 29.4 Å². The molecule has 0 aliphatic heterocycles. The zero-order valence-corrected chi connectivity index (χ0v) is 17.5. The van der Waals surface area contributed by atoms with Crippen LogP contribution in [-0.2, 0) is 4.79 Å². The first-order valence-corrected chi connectivity index (χ1v) is 10.3. The quantitative estimate of drug-likeness (QED) is 0.612. The normalized spacial score (nSPS) is 13.6. The Kier molecular flexibility index (Phi) is 6.42. The zero-order valence-electron chi connectivity index (χ0n) is 16.6. The van der Waals surface area contributed by atoms with Crippen LogP contribution in [0.5, 0.6) is 0 Å². The second kappa shape index (κ2) is 8.80. The number of benzene rings is 2. The van der Waals surface area contributed by atoms with Crippen LogP contribution in [0.15, 0.2) is 48.5 Å². The van der Waals surface area contributed by atoms with E-state index in [2.05, 4.69) is 24.1 Å². The minimum atomic E-state index is -0.258. The number of fused-ring (bicyclic) bond motifs is 1. The molecule has 0 aliphatic carbocycles. The Bertz CT molecular complexity index is 905. The van der Waals surface area contributed by atoms with Crippen molar-refractivity contribution in [2.24, 2.45) is 5.92 Å². The Morgan fingerprint density at radius 1 is 1.14 bits per heavy atom. The van der Waals surface area contributed by atoms with Gasteiger partial charge in [0.2, 0.25) is 5.91 Å². The highest BCUT2D eigenvalue weighted by atomic mass is 32.1. The van der Waals surface area contributed by atoms with Crippen molar-refractivity contribution in [3.05, 3.63) is 64.9 Å². The molecule has 0 saturated heterocycles. The summed E-state index contributed by atoms with van der Waals surface area (Å²) in [5, 5.41) is 4.26. The Morgan fingerprint density at radius 3 is 2.46 bits per heavy atom. The van der Waals surface area contributed by atoms with E-state index in [4.69, 9.17) is 0 Å². The van der Waals surface area contributed by atoms with E-state index in [1.54, 1.807) is 28.4 Å². The number of thiazole rings is 1. The van der Waals surface area contributed by atoms with E-state index in [9.17, 15) is 9.18 Å². The van der Waals surface area contributed by atoms with Gasteiger partial charge in [0.1, 0.15) is 10.8 Å². The molecule has 0 fully saturated rings. The van der Waals surface area contributed by atoms with Crippen molar-refractivity contribution in [1.29, 1.82) is 0 Å². The third-order valence-electron chi connectivity index (χ3n) is 5.01. The first-order chi connectivity index (χ1) is 13.4. The van der Waals surface area contributed by atoms with Gasteiger partial charge in [0.25, 0.3) is 0 Å². The number of nitrogens with one attached hydrogen (secondary N) is 1. The van der Waals surface area contributed by atoms with Crippen molar-refractivity contribution in [3.8, 4) is 0 Å². The molecule has 3 aromatic rings. The van der Waals surface area contributed by atoms with E-state index in [0.29, 0.717) is 0 Å². The molecular weight excluding hydrogens is 373 g/mol. The van der Waals surface area contributed by atoms with Crippen LogP contribution >= 0.6 is 11.3 Å². The maximum atomic E-state index is 13.2. The summed E-state index contributed by atoms with van der Waals surface area (Å²) < 4.78 is 14.3. The van der Waals surface area contributed by atoms with Crippen molar-refractivity contribution < 1.29 is 9.18 Å². The molecule has 28 heavy (non-hydrogen) atoms. The van der Waals surface area contributed by atoms with Gasteiger partial charge in [-0.2, -0.15) is 0 Å². The minimum Gasteiger partial charge on any atom is -0.335 e. The van der Waals surface area contributed by atoms with Crippen LogP contribution < -0.4 is 5.32 Å². The Labute approximate surface area is 169 Å². The van der Waals surface area contributed by atoms with E-state index < -0.39 is 0 Å². The van der Waals surface area contributed by atoms with Crippen molar-refractivity contribution in [2.45, 2.75) is 32.9 Å². The zero-order chi connectivity index (χ0) is 20.3. The van der Waals surface area contributed by atoms with Gasteiger partial charge in [-0.15, -0.1) is 11.3 Å². The van der Waals surface area contributed by atoms with Crippen molar-refractivity contribution >= 4 is 27.5 Å². The lowest BCUT2D eigenvalue weighted by Gasteiger charge is -2.27. The smallest absolute Gasteiger partial charge is 0.236 e. The summed E-state index contributed by atoms with van der Waals surface area (Å²) in [5.74, 6) is 0.0106. The summed E-state index contributed by atoms with van der Waals surface area (Å²) in [6.45, 7) is 6.37. The highest BCUT2D eigenvalue weighted by molar-refractivity contribution is 7.18. The van der Waals surface area contributed by atoms with E-state index >= 15 is 0 Å². The minimum absolute atomic E-state index is 0.000446. The molecule has 1 N–H and O–H groups in total. The third-order valence-corrected chi connectivity index (χ3v) is 6.22. The molecule has 0 aliphatic rings. The molecule has 0 spiro atoms. The summed E-state index contributed by atoms with van der Waals surface area (Å²) in [6, 6.07) is 14.3. The monoisotopic (exact) mass is 399 g/mol. The molecular formula is C22H26FN3OS. The molecule has 0 bridgehead atoms. The number of hydrogen-bond acceptors (Lipinski definition) is 4. The van der Waals surface area contributed by atoms with Crippen molar-refractivity contribution in [3.63, 3.8) is 0 Å². The summed E-state index contributed by atoms with van der Waals surface area (Å²) in [4.78, 5) is 19.2. The molecule has 1 aromatic heterocycles. The molecule has 6 heteroatoms. The van der Waals surface area contributed by atoms with Crippen LogP contribution in [0, 0.1) is 11.7 Å². The molecule has 3 rings (SSSR count). The number of para-hydroxylation sites is 1. The van der Waals surface area contributed by atoms with Crippen LogP contribution in [0.2, 0.25) is 0 Å². The fraction of sp³-hybridized carbons (Fsp3) is 0.364. The topological polar surface area (TPSA) is 45.2 Å². The van der Waals surface area contributed by atoms with Gasteiger partial charge >= 0.3 is 0 Å². The largest absolute Gasteiger partial charge is 0.335 e. The van der Waals surface area contributed by atoms with Gasteiger partial charge in [-0.05, 0) is 42.7 Å². The molecule has 0 unspecified atom stereocenters. The third kappa shape index (κ3) is 4.56. The van der Waals surface area contributed by atoms with Gasteiger partial charge in [-0.3, -0.25) is 4.79 Å². The first kappa shape index (κ1) is 20.4. The highest BCUT2D eigenvalue weighted by Gasteiger charge is 2.22. The molecule has 0 radical (unpaired) electrons. The molecule has 148 valence electrons. The van der Waals surface area contributed by atoms with Gasteiger partial charge < -0.3 is 10.2 Å². The number of likely N-dealkylation sites (N-methyl/N-ethyl adjacent to an activating group) is 1. The van der Waals surface area contributed by atoms with Gasteiger partial charge in [0.05, 0.1) is 22.8 Å². The summed E-state index contributed by atoms with van der Waals surface area (Å²) >= 11 is 1.62. The van der Waals surface area contributed by atoms with Crippen LogP contribution in [0.3, 0.4) is 0 Å². The fourth-order valence-corrected chi connectivity index (χ4v) is 4.24. The molecule has 1 heterocycles. The van der Waals surface area contributed by atoms with Crippen molar-refractivity contribution in [2.75, 3.05) is 13.6 Å². The molecule has 2 atom stereocenters. The lowest BCUT2D eigenvalue weighted by atomic mass is 9.96. The predicted octanol–water partition coefficient (Wildman–Crippen LogP) is 4.94. The average molecular weight is 400 g/mol. The maximum absolute atomic E-state index is 13.2. The lowest BCUT2D eigenvalue weighted by molar-refractivity contribution is -0.131. The first-order valence-electron chi connectivity index (χ1n) is 9.46. The van der Waals surface area contributed by atoms with Gasteiger partial charge in [-0.25, -0.2) is 9.37 Å². The number of aromatic nitrogens is 1. The Hall–Kier alpha value is -2.31. The number of rotatable bonds is 7. The Morgan fingerprint density at radius 2 is 1.82 bits per heavy atom. The summed E-state index contributed by atoms with van der Waals surface area (Å²) in [7, 11) is 1.81. The standard InChI is InChI=1S/C22H26FN3OS/c1-14(2)21(16-9-11-17(23)12-10-16)24-13-20(27)26(4)15(3)22-25-18-7-5-6-8-19(18)28-22/h5-12,14-15,21,24H,13H2,1-4H3/t15-,21+/m1/s1. The molecule has 1 amide bonds. The summed E-state index contributed by atoms with van der Waals surface area (Å²) in [6.07, 6.45) is 0. The highest BCUT2D eigenvalue weighted by Crippen LogP contribution is 2.29. The number of hydrogen-bond donors (Lipinski definition) is 1. The number of amides is 1. The van der Waals surface area contributed by atoms with Gasteiger partial charge in [0.15, 0.2) is 0 Å². The Balaban J connectivity index is 1.66. The van der Waals surface area contributed by atoms with E-state index in [1.807, 2.05) is 38.2 Å². The molecule has 2 aromatic carbocycles. The second-order valence-corrected chi connectivity index (χ2v) is 8.42. The lowest BCUT2D eigenvalue weighted by Crippen LogP contribution is -2.39. The average Bonchev–Trinajstić information content (AvgIpc) is 3.12. The van der Waals surface area contributed by atoms with Crippen LogP contribution in [0.1, 0.15) is 43.4 Å². The van der Waals surface area contributed by atoms with Crippen molar-refractivity contribution in [1.82, 2.24) is 15.2 Å². The number of nitrogens with zero attached hydrogens (tertiary/aromatic N) is 2. The fourth-order valence-electron chi connectivity index (χ4n) is 3.18. The van der Waals surface area contributed by atoms with Crippen LogP contribution in [0.4, 0.5) is 4.39 Å². The van der Waals surface area contributed by atoms with Gasteiger partial charge in [0, 0.05) is 13.1 Å². The number of carbonyl (C=O) groups is 1. The molecule has 4 nitrogen and oxygen atoms in total. The van der Waals surface area contributed by atoms with Crippen LogP contribution in [0.25, 0.3) is 10.2 Å².